The molecule has 0 spiro atoms. The monoisotopic (exact) mass is 244 g/mol. The summed E-state index contributed by atoms with van der Waals surface area (Å²) in [7, 11) is 0. The molecule has 0 N–H and O–H groups in total. The molecule has 0 heterocycles. The fourth-order valence-electron chi connectivity index (χ4n) is 1.81. The topological polar surface area (TPSA) is 26.3 Å². The largest absolute Gasteiger partial charge is 0.456 e. The van der Waals surface area contributed by atoms with Crippen LogP contribution in [0.2, 0.25) is 0 Å². The standard InChI is InChI=1S/C16H20O2/c1-2-16(17)18-14-10-5-3-4-7-11-15-12-8-6-9-13-15/h1,6,8-9,12-13H,3-5,7,10-11,14H2. The SMILES string of the molecule is C#CC(=O)OCCCCCCCc1ccccc1. The molecule has 18 heavy (non-hydrogen) atoms. The van der Waals surface area contributed by atoms with Crippen LogP contribution < -0.4 is 0 Å². The minimum absolute atomic E-state index is 0.446. The van der Waals surface area contributed by atoms with Crippen molar-refractivity contribution in [3.63, 3.8) is 0 Å². The van der Waals surface area contributed by atoms with E-state index < -0.39 is 5.97 Å². The minimum Gasteiger partial charge on any atom is -0.456 e. The van der Waals surface area contributed by atoms with Crippen LogP contribution >= 0.6 is 0 Å². The molecule has 2 nitrogen and oxygen atoms in total. The maximum Gasteiger partial charge on any atom is 0.384 e. The van der Waals surface area contributed by atoms with E-state index in [0.717, 1.165) is 19.3 Å². The lowest BCUT2D eigenvalue weighted by molar-refractivity contribution is -0.136. The summed E-state index contributed by atoms with van der Waals surface area (Å²) in [5.74, 6) is 1.38. The highest BCUT2D eigenvalue weighted by Crippen LogP contribution is 2.08. The first kappa shape index (κ1) is 14.3. The molecule has 2 heteroatoms. The second-order valence-corrected chi connectivity index (χ2v) is 4.28. The number of hydrogen-bond acceptors (Lipinski definition) is 2. The molecule has 0 saturated heterocycles. The van der Waals surface area contributed by atoms with Crippen molar-refractivity contribution in [3.8, 4) is 12.3 Å². The molecular weight excluding hydrogens is 224 g/mol. The Hall–Kier alpha value is -1.75. The lowest BCUT2D eigenvalue weighted by Gasteiger charge is -2.02. The van der Waals surface area contributed by atoms with E-state index in [1.165, 1.54) is 24.8 Å². The number of esters is 1. The van der Waals surface area contributed by atoms with Gasteiger partial charge in [0.1, 0.15) is 0 Å². The molecule has 0 atom stereocenters. The highest BCUT2D eigenvalue weighted by molar-refractivity contribution is 5.87. The summed E-state index contributed by atoms with van der Waals surface area (Å²) in [4.78, 5) is 10.6. The Kier molecular flexibility index (Phi) is 7.39. The van der Waals surface area contributed by atoms with E-state index in [0.29, 0.717) is 6.61 Å². The van der Waals surface area contributed by atoms with E-state index in [4.69, 9.17) is 11.2 Å². The van der Waals surface area contributed by atoms with Gasteiger partial charge in [-0.05, 0) is 24.8 Å². The van der Waals surface area contributed by atoms with Crippen LogP contribution in [0.4, 0.5) is 0 Å². The fraction of sp³-hybridized carbons (Fsp3) is 0.438. The summed E-state index contributed by atoms with van der Waals surface area (Å²) in [6.07, 6.45) is 11.6. The number of aryl methyl sites for hydroxylation is 1. The van der Waals surface area contributed by atoms with Gasteiger partial charge in [-0.2, -0.15) is 0 Å². The molecule has 0 radical (unpaired) electrons. The maximum atomic E-state index is 10.6. The van der Waals surface area contributed by atoms with Gasteiger partial charge in [0.05, 0.1) is 6.61 Å². The van der Waals surface area contributed by atoms with Crippen LogP contribution in [-0.4, -0.2) is 12.6 Å². The molecule has 0 aromatic heterocycles. The van der Waals surface area contributed by atoms with Crippen molar-refractivity contribution in [3.05, 3.63) is 35.9 Å². The molecule has 1 rings (SSSR count). The molecule has 1 aromatic carbocycles. The van der Waals surface area contributed by atoms with Crippen LogP contribution in [0.25, 0.3) is 0 Å². The predicted octanol–water partition coefficient (Wildman–Crippen LogP) is 3.36. The van der Waals surface area contributed by atoms with Crippen LogP contribution in [0.5, 0.6) is 0 Å². The molecule has 0 fully saturated rings. The lowest BCUT2D eigenvalue weighted by Crippen LogP contribution is -2.02. The molecule has 0 amide bonds. The molecule has 0 aliphatic rings. The van der Waals surface area contributed by atoms with Crippen molar-refractivity contribution in [2.45, 2.75) is 38.5 Å². The molecule has 0 aliphatic heterocycles. The van der Waals surface area contributed by atoms with Crippen molar-refractivity contribution in [1.29, 1.82) is 0 Å². The molecule has 96 valence electrons. The van der Waals surface area contributed by atoms with E-state index in [1.807, 2.05) is 12.0 Å². The van der Waals surface area contributed by atoms with E-state index in [2.05, 4.69) is 24.3 Å². The molecule has 0 unspecified atom stereocenters. The van der Waals surface area contributed by atoms with Gasteiger partial charge in [-0.25, -0.2) is 4.79 Å². The van der Waals surface area contributed by atoms with Crippen LogP contribution in [0.1, 0.15) is 37.7 Å². The van der Waals surface area contributed by atoms with Crippen molar-refractivity contribution in [2.75, 3.05) is 6.61 Å². The zero-order chi connectivity index (χ0) is 13.1. The van der Waals surface area contributed by atoms with E-state index in [1.54, 1.807) is 0 Å². The Balaban J connectivity index is 1.91. The normalized spacial score (nSPS) is 9.72. The van der Waals surface area contributed by atoms with Crippen molar-refractivity contribution in [1.82, 2.24) is 0 Å². The zero-order valence-corrected chi connectivity index (χ0v) is 10.7. The van der Waals surface area contributed by atoms with Crippen LogP contribution in [0.3, 0.4) is 0 Å². The number of hydrogen-bond donors (Lipinski definition) is 0. The molecule has 0 saturated carbocycles. The van der Waals surface area contributed by atoms with Gasteiger partial charge >= 0.3 is 5.97 Å². The van der Waals surface area contributed by atoms with Gasteiger partial charge in [-0.1, -0.05) is 49.6 Å². The first-order valence-electron chi connectivity index (χ1n) is 6.50. The smallest absolute Gasteiger partial charge is 0.384 e. The summed E-state index contributed by atoms with van der Waals surface area (Å²) in [5.41, 5.74) is 1.40. The summed E-state index contributed by atoms with van der Waals surface area (Å²) in [6, 6.07) is 10.5. The van der Waals surface area contributed by atoms with E-state index in [9.17, 15) is 4.79 Å². The van der Waals surface area contributed by atoms with Gasteiger partial charge in [0.15, 0.2) is 0 Å². The van der Waals surface area contributed by atoms with Gasteiger partial charge in [0, 0.05) is 5.92 Å². The predicted molar refractivity (Wildman–Crippen MR) is 73.0 cm³/mol. The van der Waals surface area contributed by atoms with Gasteiger partial charge < -0.3 is 4.74 Å². The molecule has 0 bridgehead atoms. The average Bonchev–Trinajstić information content (AvgIpc) is 2.42. The van der Waals surface area contributed by atoms with Crippen molar-refractivity contribution >= 4 is 5.97 Å². The minimum atomic E-state index is -0.556. The first-order valence-corrected chi connectivity index (χ1v) is 6.50. The second-order valence-electron chi connectivity index (χ2n) is 4.28. The average molecular weight is 244 g/mol. The maximum absolute atomic E-state index is 10.6. The Morgan fingerprint density at radius 1 is 1.06 bits per heavy atom. The lowest BCUT2D eigenvalue weighted by atomic mass is 10.1. The Bertz CT molecular complexity index is 376. The van der Waals surface area contributed by atoms with Crippen molar-refractivity contribution < 1.29 is 9.53 Å². The Morgan fingerprint density at radius 2 is 1.72 bits per heavy atom. The number of carbonyl (C=O) groups is 1. The quantitative estimate of drug-likeness (QED) is 0.303. The summed E-state index contributed by atoms with van der Waals surface area (Å²) in [5, 5.41) is 0. The van der Waals surface area contributed by atoms with Gasteiger partial charge in [0.2, 0.25) is 0 Å². The van der Waals surface area contributed by atoms with Crippen LogP contribution in [-0.2, 0) is 16.0 Å². The summed E-state index contributed by atoms with van der Waals surface area (Å²) < 4.78 is 4.79. The third kappa shape index (κ3) is 6.75. The fourth-order valence-corrected chi connectivity index (χ4v) is 1.81. The van der Waals surface area contributed by atoms with Gasteiger partial charge in [0.25, 0.3) is 0 Å². The zero-order valence-electron chi connectivity index (χ0n) is 10.7. The van der Waals surface area contributed by atoms with E-state index >= 15 is 0 Å². The third-order valence-corrected chi connectivity index (χ3v) is 2.80. The number of carbonyl (C=O) groups excluding carboxylic acids is 1. The number of ether oxygens (including phenoxy) is 1. The first-order chi connectivity index (χ1) is 8.83. The Labute approximate surface area is 109 Å². The summed E-state index contributed by atoms with van der Waals surface area (Å²) in [6.45, 7) is 0.446. The molecule has 1 aromatic rings. The third-order valence-electron chi connectivity index (χ3n) is 2.80. The molecular formula is C16H20O2. The number of unbranched alkanes of at least 4 members (excludes halogenated alkanes) is 4. The van der Waals surface area contributed by atoms with Gasteiger partial charge in [-0.3, -0.25) is 0 Å². The van der Waals surface area contributed by atoms with E-state index in [-0.39, 0.29) is 0 Å². The van der Waals surface area contributed by atoms with Crippen LogP contribution in [0, 0.1) is 12.3 Å². The Morgan fingerprint density at radius 3 is 2.44 bits per heavy atom. The van der Waals surface area contributed by atoms with Crippen LogP contribution in [0.15, 0.2) is 30.3 Å². The number of benzene rings is 1. The van der Waals surface area contributed by atoms with Gasteiger partial charge in [-0.15, -0.1) is 6.42 Å². The number of rotatable bonds is 8. The van der Waals surface area contributed by atoms with Crippen molar-refractivity contribution in [2.24, 2.45) is 0 Å². The highest BCUT2D eigenvalue weighted by Gasteiger charge is 1.96. The molecule has 0 aliphatic carbocycles. The second kappa shape index (κ2) is 9.30. The number of terminal acetylenes is 1. The summed E-state index contributed by atoms with van der Waals surface area (Å²) >= 11 is 0. The highest BCUT2D eigenvalue weighted by atomic mass is 16.5.